The third-order valence-corrected chi connectivity index (χ3v) is 6.98. The first-order chi connectivity index (χ1) is 15.8. The number of nitrogens with two attached hydrogens (primary N) is 1. The number of urea groups is 1. The highest BCUT2D eigenvalue weighted by Gasteiger charge is 2.27. The molecule has 1 aromatic heterocycles. The number of nitrogens with one attached hydrogen (secondary N) is 1. The fourth-order valence-electron chi connectivity index (χ4n) is 4.91. The van der Waals surface area contributed by atoms with E-state index in [1.807, 2.05) is 14.1 Å². The molecule has 1 aromatic carbocycles. The fourth-order valence-corrected chi connectivity index (χ4v) is 5.09. The van der Waals surface area contributed by atoms with Gasteiger partial charge in [0, 0.05) is 37.9 Å². The zero-order chi connectivity index (χ0) is 23.5. The van der Waals surface area contributed by atoms with Gasteiger partial charge in [-0.15, -0.1) is 0 Å². The monoisotopic (exact) mass is 474 g/mol. The summed E-state index contributed by atoms with van der Waals surface area (Å²) in [5.41, 5.74) is 8.59. The first-order valence-corrected chi connectivity index (χ1v) is 12.0. The summed E-state index contributed by atoms with van der Waals surface area (Å²) in [4.78, 5) is 25.3. The molecule has 33 heavy (non-hydrogen) atoms. The molecule has 0 spiro atoms. The third kappa shape index (κ3) is 5.49. The number of halogens is 2. The number of anilines is 3. The van der Waals surface area contributed by atoms with Crippen molar-refractivity contribution in [1.29, 1.82) is 0 Å². The van der Waals surface area contributed by atoms with E-state index in [1.54, 1.807) is 0 Å². The van der Waals surface area contributed by atoms with Crippen molar-refractivity contribution in [1.82, 2.24) is 9.97 Å². The number of amides is 2. The maximum atomic E-state index is 13.5. The summed E-state index contributed by atoms with van der Waals surface area (Å²) in [5.74, 6) is 1.52. The van der Waals surface area contributed by atoms with Gasteiger partial charge in [0.15, 0.2) is 0 Å². The van der Waals surface area contributed by atoms with Crippen LogP contribution in [-0.2, 0) is 12.8 Å². The Morgan fingerprint density at radius 3 is 2.58 bits per heavy atom. The zero-order valence-corrected chi connectivity index (χ0v) is 20.0. The lowest BCUT2D eigenvalue weighted by Gasteiger charge is -2.33. The van der Waals surface area contributed by atoms with Crippen LogP contribution in [0.25, 0.3) is 0 Å². The number of carbonyl (C=O) groups is 1. The van der Waals surface area contributed by atoms with Crippen molar-refractivity contribution in [2.75, 3.05) is 35.8 Å². The Bertz CT molecular complexity index is 1010. The second kappa shape index (κ2) is 10.1. The number of primary amides is 1. The van der Waals surface area contributed by atoms with Crippen molar-refractivity contribution in [3.05, 3.63) is 40.3 Å². The van der Waals surface area contributed by atoms with Crippen LogP contribution in [-0.4, -0.2) is 42.7 Å². The minimum Gasteiger partial charge on any atom is -0.362 e. The van der Waals surface area contributed by atoms with E-state index in [0.717, 1.165) is 44.3 Å². The summed E-state index contributed by atoms with van der Waals surface area (Å²) in [6.45, 7) is 0.490. The second-order valence-corrected chi connectivity index (χ2v) is 9.71. The minimum absolute atomic E-state index is 0.0196. The highest BCUT2D eigenvalue weighted by Crippen LogP contribution is 2.32. The molecule has 9 heteroatoms. The normalized spacial score (nSPS) is 20.1. The van der Waals surface area contributed by atoms with Gasteiger partial charge in [0.1, 0.15) is 11.6 Å². The second-order valence-electron chi connectivity index (χ2n) is 9.31. The summed E-state index contributed by atoms with van der Waals surface area (Å²) in [5, 5.41) is 3.54. The first kappa shape index (κ1) is 23.5. The van der Waals surface area contributed by atoms with Crippen LogP contribution < -0.4 is 20.9 Å². The molecule has 2 amide bonds. The number of rotatable bonds is 6. The van der Waals surface area contributed by atoms with E-state index in [2.05, 4.69) is 10.2 Å². The average molecular weight is 475 g/mol. The molecular formula is C24H32ClFN6O. The summed E-state index contributed by atoms with van der Waals surface area (Å²) < 4.78 is 13.5. The van der Waals surface area contributed by atoms with Crippen molar-refractivity contribution in [3.63, 3.8) is 0 Å². The molecule has 178 valence electrons. The standard InChI is InChI=1S/C24H32ClFN6O/c1-31(2)22-18-5-3-4-6-21(18)29-24(30-22)28-16-9-7-15(8-10-16)14-32(23(27)33)17-11-12-20(26)19(25)13-17/h11-13,15-16H,3-10,14H2,1-2H3,(H2,27,33)(H,28,29,30)/t15-,16+. The van der Waals surface area contributed by atoms with E-state index in [1.165, 1.54) is 47.2 Å². The molecule has 0 atom stereocenters. The molecule has 2 aliphatic rings. The Hall–Kier alpha value is -2.61. The molecule has 1 saturated carbocycles. The molecule has 4 rings (SSSR count). The molecule has 1 fully saturated rings. The van der Waals surface area contributed by atoms with E-state index in [0.29, 0.717) is 30.1 Å². The number of carbonyl (C=O) groups excluding carboxylic acids is 1. The number of aromatic nitrogens is 2. The van der Waals surface area contributed by atoms with E-state index in [4.69, 9.17) is 27.3 Å². The van der Waals surface area contributed by atoms with Gasteiger partial charge in [-0.05, 0) is 75.5 Å². The molecule has 3 N–H and O–H groups in total. The van der Waals surface area contributed by atoms with Crippen LogP contribution in [0.2, 0.25) is 5.02 Å². The molecule has 0 saturated heterocycles. The van der Waals surface area contributed by atoms with Crippen molar-refractivity contribution < 1.29 is 9.18 Å². The van der Waals surface area contributed by atoms with Gasteiger partial charge in [-0.1, -0.05) is 11.6 Å². The van der Waals surface area contributed by atoms with Gasteiger partial charge in [0.05, 0.1) is 10.7 Å². The van der Waals surface area contributed by atoms with Gasteiger partial charge in [0.2, 0.25) is 5.95 Å². The number of fused-ring (bicyclic) bond motifs is 1. The Kier molecular flexibility index (Phi) is 7.22. The van der Waals surface area contributed by atoms with Crippen molar-refractivity contribution in [3.8, 4) is 0 Å². The molecule has 0 unspecified atom stereocenters. The van der Waals surface area contributed by atoms with Gasteiger partial charge in [-0.3, -0.25) is 4.90 Å². The van der Waals surface area contributed by atoms with Gasteiger partial charge < -0.3 is 16.0 Å². The summed E-state index contributed by atoms with van der Waals surface area (Å²) in [6.07, 6.45) is 8.24. The third-order valence-electron chi connectivity index (χ3n) is 6.69. The molecule has 1 heterocycles. The van der Waals surface area contributed by atoms with Gasteiger partial charge in [-0.25, -0.2) is 14.2 Å². The molecule has 0 radical (unpaired) electrons. The number of benzene rings is 1. The van der Waals surface area contributed by atoms with Crippen LogP contribution in [0.1, 0.15) is 49.8 Å². The van der Waals surface area contributed by atoms with Gasteiger partial charge in [0.25, 0.3) is 0 Å². The molecule has 0 bridgehead atoms. The fraction of sp³-hybridized carbons (Fsp3) is 0.542. The van der Waals surface area contributed by atoms with Crippen LogP contribution in [0, 0.1) is 11.7 Å². The van der Waals surface area contributed by atoms with Crippen LogP contribution in [0.4, 0.5) is 26.6 Å². The van der Waals surface area contributed by atoms with Crippen molar-refractivity contribution in [2.24, 2.45) is 11.7 Å². The smallest absolute Gasteiger partial charge is 0.319 e. The summed E-state index contributed by atoms with van der Waals surface area (Å²) in [7, 11) is 4.07. The van der Waals surface area contributed by atoms with Crippen LogP contribution in [0.15, 0.2) is 18.2 Å². The number of nitrogens with zero attached hydrogens (tertiary/aromatic N) is 4. The Labute approximate surface area is 199 Å². The van der Waals surface area contributed by atoms with Crippen LogP contribution in [0.5, 0.6) is 0 Å². The largest absolute Gasteiger partial charge is 0.362 e. The first-order valence-electron chi connectivity index (χ1n) is 11.7. The molecule has 2 aromatic rings. The van der Waals surface area contributed by atoms with E-state index in [9.17, 15) is 9.18 Å². The van der Waals surface area contributed by atoms with Gasteiger partial charge in [-0.2, -0.15) is 4.98 Å². The maximum Gasteiger partial charge on any atom is 0.319 e. The quantitative estimate of drug-likeness (QED) is 0.629. The topological polar surface area (TPSA) is 87.4 Å². The Morgan fingerprint density at radius 1 is 1.18 bits per heavy atom. The van der Waals surface area contributed by atoms with E-state index >= 15 is 0 Å². The predicted octanol–water partition coefficient (Wildman–Crippen LogP) is 4.77. The van der Waals surface area contributed by atoms with Crippen molar-refractivity contribution in [2.45, 2.75) is 57.4 Å². The lowest BCUT2D eigenvalue weighted by Crippen LogP contribution is -2.41. The zero-order valence-electron chi connectivity index (χ0n) is 19.3. The molecule has 0 aliphatic heterocycles. The number of aryl methyl sites for hydroxylation is 1. The Balaban J connectivity index is 1.38. The van der Waals surface area contributed by atoms with Crippen molar-refractivity contribution >= 4 is 35.1 Å². The number of hydrogen-bond acceptors (Lipinski definition) is 5. The maximum absolute atomic E-state index is 13.5. The lowest BCUT2D eigenvalue weighted by atomic mass is 9.85. The van der Waals surface area contributed by atoms with Gasteiger partial charge >= 0.3 is 6.03 Å². The highest BCUT2D eigenvalue weighted by atomic mass is 35.5. The molecule has 7 nitrogen and oxygen atoms in total. The molecule has 2 aliphatic carbocycles. The Morgan fingerprint density at radius 2 is 1.91 bits per heavy atom. The lowest BCUT2D eigenvalue weighted by molar-refractivity contribution is 0.250. The van der Waals surface area contributed by atoms with E-state index in [-0.39, 0.29) is 5.02 Å². The molecular weight excluding hydrogens is 443 g/mol. The average Bonchev–Trinajstić information content (AvgIpc) is 2.79. The predicted molar refractivity (Wildman–Crippen MR) is 131 cm³/mol. The summed E-state index contributed by atoms with van der Waals surface area (Å²) >= 11 is 5.90. The summed E-state index contributed by atoms with van der Waals surface area (Å²) in [6, 6.07) is 3.98. The minimum atomic E-state index is -0.559. The highest BCUT2D eigenvalue weighted by molar-refractivity contribution is 6.31. The van der Waals surface area contributed by atoms with Crippen LogP contribution >= 0.6 is 11.6 Å². The number of hydrogen-bond donors (Lipinski definition) is 2. The SMILES string of the molecule is CN(C)c1nc(N[C@H]2CC[C@@H](CN(C(N)=O)c3ccc(F)c(Cl)c3)CC2)nc2c1CCCC2. The van der Waals surface area contributed by atoms with Crippen LogP contribution in [0.3, 0.4) is 0 Å². The van der Waals surface area contributed by atoms with E-state index < -0.39 is 11.8 Å².